The molecule has 3 heterocycles. The van der Waals surface area contributed by atoms with Crippen LogP contribution in [0.5, 0.6) is 0 Å². The van der Waals surface area contributed by atoms with Gasteiger partial charge in [-0.15, -0.1) is 0 Å². The zero-order valence-corrected chi connectivity index (χ0v) is 14.9. The van der Waals surface area contributed by atoms with E-state index in [9.17, 15) is 14.7 Å². The van der Waals surface area contributed by atoms with E-state index in [1.807, 2.05) is 18.2 Å². The number of fused-ring (bicyclic) bond motifs is 1. The molecule has 2 aliphatic rings. The number of rotatable bonds is 3. The Morgan fingerprint density at radius 2 is 1.96 bits per heavy atom. The number of pyridine rings is 1. The van der Waals surface area contributed by atoms with Gasteiger partial charge in [-0.2, -0.15) is 0 Å². The number of piperidine rings is 1. The quantitative estimate of drug-likeness (QED) is 0.915. The number of carboxylic acid groups (broad SMARTS) is 1. The number of para-hydroxylation sites is 1. The first-order chi connectivity index (χ1) is 12.5. The normalized spacial score (nSPS) is 23.0. The Hall–Kier alpha value is -2.47. The fourth-order valence-electron chi connectivity index (χ4n) is 4.51. The van der Waals surface area contributed by atoms with Gasteiger partial charge in [0.2, 0.25) is 5.91 Å². The minimum Gasteiger partial charge on any atom is -0.481 e. The molecule has 0 radical (unpaired) electrons. The van der Waals surface area contributed by atoms with Crippen molar-refractivity contribution in [3.63, 3.8) is 0 Å². The van der Waals surface area contributed by atoms with Crippen LogP contribution in [-0.2, 0) is 16.1 Å². The molecule has 1 N–H and O–H groups in total. The highest BCUT2D eigenvalue weighted by atomic mass is 16.4. The van der Waals surface area contributed by atoms with Crippen LogP contribution in [0.1, 0.15) is 25.0 Å². The number of hydrogen-bond donors (Lipinski definition) is 1. The van der Waals surface area contributed by atoms with Crippen LogP contribution in [-0.4, -0.2) is 57.4 Å². The zero-order valence-electron chi connectivity index (χ0n) is 14.9. The number of aliphatic carboxylic acids is 1. The maximum Gasteiger partial charge on any atom is 0.309 e. The van der Waals surface area contributed by atoms with E-state index in [0.29, 0.717) is 12.8 Å². The molecule has 2 aliphatic heterocycles. The molecular weight excluding hydrogens is 330 g/mol. The molecule has 0 bridgehead atoms. The molecule has 2 fully saturated rings. The maximum atomic E-state index is 12.1. The topological polar surface area (TPSA) is 73.7 Å². The van der Waals surface area contributed by atoms with E-state index in [0.717, 1.165) is 36.2 Å². The first-order valence-corrected chi connectivity index (χ1v) is 9.06. The van der Waals surface area contributed by atoms with Crippen LogP contribution in [0.2, 0.25) is 0 Å². The number of carboxylic acids is 1. The molecule has 0 unspecified atom stereocenters. The molecule has 1 spiro atoms. The molecule has 2 saturated heterocycles. The van der Waals surface area contributed by atoms with Crippen LogP contribution < -0.4 is 0 Å². The number of hydrogen-bond acceptors (Lipinski definition) is 4. The Balaban J connectivity index is 1.47. The van der Waals surface area contributed by atoms with Crippen molar-refractivity contribution in [1.29, 1.82) is 0 Å². The predicted molar refractivity (Wildman–Crippen MR) is 97.5 cm³/mol. The third kappa shape index (κ3) is 2.74. The molecule has 0 saturated carbocycles. The van der Waals surface area contributed by atoms with E-state index in [-0.39, 0.29) is 12.3 Å². The van der Waals surface area contributed by atoms with E-state index in [4.69, 9.17) is 4.98 Å². The van der Waals surface area contributed by atoms with Crippen LogP contribution in [0.3, 0.4) is 0 Å². The van der Waals surface area contributed by atoms with Gasteiger partial charge in [0.05, 0.1) is 22.7 Å². The Bertz CT molecular complexity index is 858. The van der Waals surface area contributed by atoms with Crippen LogP contribution in [0.4, 0.5) is 0 Å². The lowest BCUT2D eigenvalue weighted by Crippen LogP contribution is -2.55. The van der Waals surface area contributed by atoms with Crippen LogP contribution in [0.25, 0.3) is 10.9 Å². The number of carbonyl (C=O) groups is 2. The number of amides is 1. The van der Waals surface area contributed by atoms with Crippen molar-refractivity contribution in [2.45, 2.75) is 31.3 Å². The molecule has 26 heavy (non-hydrogen) atoms. The summed E-state index contributed by atoms with van der Waals surface area (Å²) in [6.07, 6.45) is 1.51. The molecule has 0 aliphatic carbocycles. The summed E-state index contributed by atoms with van der Waals surface area (Å²) in [5.74, 6) is -1.50. The summed E-state index contributed by atoms with van der Waals surface area (Å²) in [5, 5.41) is 10.7. The zero-order chi connectivity index (χ0) is 18.3. The van der Waals surface area contributed by atoms with Crippen molar-refractivity contribution in [2.75, 3.05) is 20.1 Å². The van der Waals surface area contributed by atoms with Gasteiger partial charge in [0, 0.05) is 38.5 Å². The third-order valence-electron chi connectivity index (χ3n) is 6.13. The lowest BCUT2D eigenvalue weighted by atomic mass is 9.77. The highest BCUT2D eigenvalue weighted by Gasteiger charge is 2.55. The Kier molecular flexibility index (Phi) is 4.15. The Morgan fingerprint density at radius 1 is 1.23 bits per heavy atom. The molecule has 2 aromatic rings. The first-order valence-electron chi connectivity index (χ1n) is 9.06. The maximum absolute atomic E-state index is 12.1. The minimum atomic E-state index is -0.854. The van der Waals surface area contributed by atoms with Gasteiger partial charge in [0.1, 0.15) is 0 Å². The van der Waals surface area contributed by atoms with Crippen molar-refractivity contribution in [3.05, 3.63) is 42.1 Å². The van der Waals surface area contributed by atoms with Gasteiger partial charge in [0.15, 0.2) is 0 Å². The smallest absolute Gasteiger partial charge is 0.309 e. The standard InChI is InChI=1S/C20H23N3O3/c1-22-18(24)12-16(19(25)26)20(22)8-10-23(11-9-20)13-15-7-6-14-4-2-3-5-17(14)21-15/h2-7,16H,8-13H2,1H3,(H,25,26)/t16-/m1/s1. The van der Waals surface area contributed by atoms with Gasteiger partial charge in [-0.25, -0.2) is 0 Å². The average molecular weight is 353 g/mol. The minimum absolute atomic E-state index is 0.0537. The molecule has 6 heteroatoms. The molecule has 1 aromatic heterocycles. The summed E-state index contributed by atoms with van der Waals surface area (Å²) in [7, 11) is 1.76. The number of benzene rings is 1. The van der Waals surface area contributed by atoms with Crippen LogP contribution >= 0.6 is 0 Å². The van der Waals surface area contributed by atoms with Gasteiger partial charge in [-0.05, 0) is 25.0 Å². The van der Waals surface area contributed by atoms with E-state index in [1.165, 1.54) is 0 Å². The van der Waals surface area contributed by atoms with Crippen molar-refractivity contribution >= 4 is 22.8 Å². The third-order valence-corrected chi connectivity index (χ3v) is 6.13. The van der Waals surface area contributed by atoms with E-state index in [2.05, 4.69) is 23.1 Å². The second-order valence-corrected chi connectivity index (χ2v) is 7.42. The second-order valence-electron chi connectivity index (χ2n) is 7.42. The molecule has 1 atom stereocenters. The molecule has 1 aromatic carbocycles. The van der Waals surface area contributed by atoms with Crippen molar-refractivity contribution in [3.8, 4) is 0 Å². The second kappa shape index (κ2) is 6.36. The van der Waals surface area contributed by atoms with Crippen molar-refractivity contribution in [1.82, 2.24) is 14.8 Å². The van der Waals surface area contributed by atoms with Crippen molar-refractivity contribution < 1.29 is 14.7 Å². The SMILES string of the molecule is CN1C(=O)C[C@H](C(=O)O)C12CCN(Cc1ccc3ccccc3n1)CC2. The largest absolute Gasteiger partial charge is 0.481 e. The lowest BCUT2D eigenvalue weighted by Gasteiger charge is -2.45. The highest BCUT2D eigenvalue weighted by Crippen LogP contribution is 2.42. The van der Waals surface area contributed by atoms with E-state index >= 15 is 0 Å². The van der Waals surface area contributed by atoms with Gasteiger partial charge in [-0.1, -0.05) is 24.3 Å². The number of carbonyl (C=O) groups excluding carboxylic acids is 1. The Morgan fingerprint density at radius 3 is 2.69 bits per heavy atom. The fourth-order valence-corrected chi connectivity index (χ4v) is 4.51. The van der Waals surface area contributed by atoms with Crippen LogP contribution in [0, 0.1) is 5.92 Å². The van der Waals surface area contributed by atoms with Gasteiger partial charge >= 0.3 is 5.97 Å². The van der Waals surface area contributed by atoms with Gasteiger partial charge < -0.3 is 10.0 Å². The Labute approximate surface area is 152 Å². The van der Waals surface area contributed by atoms with Gasteiger partial charge in [0.25, 0.3) is 0 Å². The van der Waals surface area contributed by atoms with E-state index < -0.39 is 17.4 Å². The number of likely N-dealkylation sites (tertiary alicyclic amines) is 2. The summed E-state index contributed by atoms with van der Waals surface area (Å²) in [6, 6.07) is 12.2. The van der Waals surface area contributed by atoms with Crippen LogP contribution in [0.15, 0.2) is 36.4 Å². The average Bonchev–Trinajstić information content (AvgIpc) is 2.89. The number of aromatic nitrogens is 1. The summed E-state index contributed by atoms with van der Waals surface area (Å²) in [6.45, 7) is 2.29. The summed E-state index contributed by atoms with van der Waals surface area (Å²) < 4.78 is 0. The number of nitrogens with zero attached hydrogens (tertiary/aromatic N) is 3. The summed E-state index contributed by atoms with van der Waals surface area (Å²) in [5.41, 5.74) is 1.48. The summed E-state index contributed by atoms with van der Waals surface area (Å²) >= 11 is 0. The molecule has 136 valence electrons. The fraction of sp³-hybridized carbons (Fsp3) is 0.450. The summed E-state index contributed by atoms with van der Waals surface area (Å²) in [4.78, 5) is 32.5. The van der Waals surface area contributed by atoms with Crippen molar-refractivity contribution in [2.24, 2.45) is 5.92 Å². The lowest BCUT2D eigenvalue weighted by molar-refractivity contribution is -0.146. The highest BCUT2D eigenvalue weighted by molar-refractivity contribution is 5.88. The van der Waals surface area contributed by atoms with E-state index in [1.54, 1.807) is 11.9 Å². The molecular formula is C20H23N3O3. The molecule has 4 rings (SSSR count). The monoisotopic (exact) mass is 353 g/mol. The molecule has 6 nitrogen and oxygen atoms in total. The predicted octanol–water partition coefficient (Wildman–Crippen LogP) is 2.13. The van der Waals surface area contributed by atoms with Gasteiger partial charge in [-0.3, -0.25) is 19.5 Å². The molecule has 1 amide bonds. The first kappa shape index (κ1) is 17.0.